The van der Waals surface area contributed by atoms with Gasteiger partial charge < -0.3 is 24.9 Å². The van der Waals surface area contributed by atoms with E-state index in [1.165, 1.54) is 24.3 Å². The van der Waals surface area contributed by atoms with Crippen molar-refractivity contribution in [1.82, 2.24) is 9.80 Å². The normalized spacial score (nSPS) is 30.0. The molecule has 1 aromatic rings. The van der Waals surface area contributed by atoms with Crippen LogP contribution >= 0.6 is 0 Å². The molecule has 32 heavy (non-hydrogen) atoms. The number of amides is 3. The molecule has 4 rings (SSSR count). The molecule has 0 aromatic heterocycles. The number of hydrogen-bond acceptors (Lipinski definition) is 4. The zero-order valence-corrected chi connectivity index (χ0v) is 17.9. The summed E-state index contributed by atoms with van der Waals surface area (Å²) in [7, 11) is 1.73. The molecular formula is C22H28F3N3O4. The standard InChI is InChI=1S/C22H28F3N3O4/c1-26-12-13-27(19(26)31)14-21(32)8-6-20(7-9-21)10-11-28(18(20)30)16-4-2-15(3-5-16)17(29)22(23,24)25/h2-5,17,29,32H,6-14H2,1H3/t17-,20?,21?/m1/s1. The Hall–Kier alpha value is -2.33. The molecule has 2 saturated heterocycles. The first-order chi connectivity index (χ1) is 14.9. The predicted octanol–water partition coefficient (Wildman–Crippen LogP) is 2.68. The third kappa shape index (κ3) is 4.05. The van der Waals surface area contributed by atoms with Gasteiger partial charge >= 0.3 is 12.2 Å². The Morgan fingerprint density at radius 1 is 1.00 bits per heavy atom. The van der Waals surface area contributed by atoms with Crippen LogP contribution in [0.5, 0.6) is 0 Å². The van der Waals surface area contributed by atoms with Gasteiger partial charge in [0.05, 0.1) is 17.6 Å². The van der Waals surface area contributed by atoms with Crippen molar-refractivity contribution in [3.8, 4) is 0 Å². The van der Waals surface area contributed by atoms with Crippen LogP contribution in [0.1, 0.15) is 43.8 Å². The summed E-state index contributed by atoms with van der Waals surface area (Å²) >= 11 is 0. The number of likely N-dealkylation sites (N-methyl/N-ethyl adjacent to an activating group) is 1. The van der Waals surface area contributed by atoms with Gasteiger partial charge in [-0.15, -0.1) is 0 Å². The first kappa shape index (κ1) is 22.8. The molecule has 1 atom stereocenters. The first-order valence-corrected chi connectivity index (χ1v) is 10.8. The van der Waals surface area contributed by atoms with Gasteiger partial charge in [0, 0.05) is 32.4 Å². The summed E-state index contributed by atoms with van der Waals surface area (Å²) in [5, 5.41) is 20.4. The average Bonchev–Trinajstić information content (AvgIpc) is 3.24. The lowest BCUT2D eigenvalue weighted by molar-refractivity contribution is -0.206. The van der Waals surface area contributed by atoms with Gasteiger partial charge in [0.15, 0.2) is 6.10 Å². The molecule has 1 aliphatic carbocycles. The van der Waals surface area contributed by atoms with Crippen molar-refractivity contribution >= 4 is 17.6 Å². The number of anilines is 1. The van der Waals surface area contributed by atoms with E-state index in [2.05, 4.69) is 0 Å². The van der Waals surface area contributed by atoms with Gasteiger partial charge in [0.25, 0.3) is 0 Å². The molecule has 2 aliphatic heterocycles. The van der Waals surface area contributed by atoms with Crippen molar-refractivity contribution in [3.05, 3.63) is 29.8 Å². The van der Waals surface area contributed by atoms with Crippen molar-refractivity contribution in [3.63, 3.8) is 0 Å². The molecule has 2 N–H and O–H groups in total. The number of halogens is 3. The highest BCUT2D eigenvalue weighted by Crippen LogP contribution is 2.49. The number of rotatable bonds is 4. The SMILES string of the molecule is CN1CCN(CC2(O)CCC3(CCN(c4ccc([C@@H](O)C(F)(F)F)cc4)C3=O)CC2)C1=O. The van der Waals surface area contributed by atoms with Crippen LogP contribution < -0.4 is 4.90 Å². The number of alkyl halides is 3. The number of nitrogens with zero attached hydrogens (tertiary/aromatic N) is 3. The number of aliphatic hydroxyl groups is 2. The Bertz CT molecular complexity index is 881. The maximum absolute atomic E-state index is 13.3. The second-order valence-corrected chi connectivity index (χ2v) is 9.37. The molecular weight excluding hydrogens is 427 g/mol. The Balaban J connectivity index is 1.40. The molecule has 0 bridgehead atoms. The van der Waals surface area contributed by atoms with E-state index in [1.54, 1.807) is 21.7 Å². The number of carbonyl (C=O) groups excluding carboxylic acids is 2. The van der Waals surface area contributed by atoms with Crippen LogP contribution in [0.3, 0.4) is 0 Å². The third-order valence-electron chi connectivity index (χ3n) is 7.27. The van der Waals surface area contributed by atoms with Crippen LogP contribution in [-0.2, 0) is 4.79 Å². The Kier molecular flexibility index (Phi) is 5.65. The summed E-state index contributed by atoms with van der Waals surface area (Å²) in [5.74, 6) is -0.0827. The minimum Gasteiger partial charge on any atom is -0.388 e. The van der Waals surface area contributed by atoms with Gasteiger partial charge in [-0.1, -0.05) is 12.1 Å². The van der Waals surface area contributed by atoms with Gasteiger partial charge in [-0.25, -0.2) is 4.79 Å². The zero-order chi connectivity index (χ0) is 23.3. The van der Waals surface area contributed by atoms with Crippen LogP contribution in [0, 0.1) is 5.41 Å². The lowest BCUT2D eigenvalue weighted by Crippen LogP contribution is -2.50. The Morgan fingerprint density at radius 2 is 1.62 bits per heavy atom. The molecule has 176 valence electrons. The highest BCUT2D eigenvalue weighted by atomic mass is 19.4. The highest BCUT2D eigenvalue weighted by molar-refractivity contribution is 6.00. The summed E-state index contributed by atoms with van der Waals surface area (Å²) in [5.41, 5.74) is -1.39. The number of aliphatic hydroxyl groups excluding tert-OH is 1. The number of urea groups is 1. The van der Waals surface area contributed by atoms with Crippen LogP contribution in [0.15, 0.2) is 24.3 Å². The van der Waals surface area contributed by atoms with Gasteiger partial charge in [-0.05, 0) is 49.8 Å². The molecule has 3 aliphatic rings. The monoisotopic (exact) mass is 455 g/mol. The number of carbonyl (C=O) groups is 2. The van der Waals surface area contributed by atoms with E-state index in [4.69, 9.17) is 0 Å². The smallest absolute Gasteiger partial charge is 0.388 e. The fourth-order valence-corrected chi connectivity index (χ4v) is 5.11. The average molecular weight is 455 g/mol. The van der Waals surface area contributed by atoms with Crippen molar-refractivity contribution in [2.45, 2.75) is 50.0 Å². The number of benzene rings is 1. The quantitative estimate of drug-likeness (QED) is 0.731. The zero-order valence-electron chi connectivity index (χ0n) is 17.9. The maximum Gasteiger partial charge on any atom is 0.418 e. The van der Waals surface area contributed by atoms with E-state index in [1.807, 2.05) is 0 Å². The van der Waals surface area contributed by atoms with Crippen LogP contribution in [0.25, 0.3) is 0 Å². The van der Waals surface area contributed by atoms with Crippen LogP contribution in [-0.4, -0.2) is 77.0 Å². The van der Waals surface area contributed by atoms with Crippen molar-refractivity contribution in [1.29, 1.82) is 0 Å². The van der Waals surface area contributed by atoms with E-state index in [-0.39, 0.29) is 24.0 Å². The summed E-state index contributed by atoms with van der Waals surface area (Å²) in [6, 6.07) is 5.14. The number of hydrogen-bond donors (Lipinski definition) is 2. The Morgan fingerprint density at radius 3 is 2.16 bits per heavy atom. The lowest BCUT2D eigenvalue weighted by Gasteiger charge is -2.42. The molecule has 0 radical (unpaired) electrons. The molecule has 3 amide bonds. The van der Waals surface area contributed by atoms with Gasteiger partial charge in [0.2, 0.25) is 5.91 Å². The Labute approximate surface area is 184 Å². The van der Waals surface area contributed by atoms with Crippen molar-refractivity contribution in [2.75, 3.05) is 38.1 Å². The van der Waals surface area contributed by atoms with E-state index in [0.717, 1.165) is 0 Å². The van der Waals surface area contributed by atoms with Crippen LogP contribution in [0.4, 0.5) is 23.7 Å². The highest BCUT2D eigenvalue weighted by Gasteiger charge is 2.52. The lowest BCUT2D eigenvalue weighted by atomic mass is 9.67. The van der Waals surface area contributed by atoms with E-state index < -0.39 is 23.3 Å². The van der Waals surface area contributed by atoms with Crippen LogP contribution in [0.2, 0.25) is 0 Å². The molecule has 10 heteroatoms. The predicted molar refractivity (Wildman–Crippen MR) is 110 cm³/mol. The fourth-order valence-electron chi connectivity index (χ4n) is 5.11. The summed E-state index contributed by atoms with van der Waals surface area (Å²) in [6.45, 7) is 1.92. The topological polar surface area (TPSA) is 84.3 Å². The molecule has 1 saturated carbocycles. The van der Waals surface area contributed by atoms with Gasteiger partial charge in [-0.2, -0.15) is 13.2 Å². The first-order valence-electron chi connectivity index (χ1n) is 10.8. The van der Waals surface area contributed by atoms with Crippen molar-refractivity contribution < 1.29 is 33.0 Å². The van der Waals surface area contributed by atoms with E-state index in [0.29, 0.717) is 57.4 Å². The number of β-amino-alcohol motifs (C(OH)–C–C–N with tert-alkyl or cyclic N) is 1. The second-order valence-electron chi connectivity index (χ2n) is 9.37. The second kappa shape index (κ2) is 7.91. The molecule has 2 heterocycles. The minimum absolute atomic E-state index is 0.0827. The van der Waals surface area contributed by atoms with E-state index >= 15 is 0 Å². The van der Waals surface area contributed by atoms with Gasteiger partial charge in [0.1, 0.15) is 0 Å². The summed E-state index contributed by atoms with van der Waals surface area (Å²) in [6.07, 6.45) is -4.87. The van der Waals surface area contributed by atoms with Gasteiger partial charge in [-0.3, -0.25) is 4.79 Å². The molecule has 3 fully saturated rings. The molecule has 1 spiro atoms. The van der Waals surface area contributed by atoms with E-state index in [9.17, 15) is 33.0 Å². The molecule has 7 nitrogen and oxygen atoms in total. The molecule has 0 unspecified atom stereocenters. The third-order valence-corrected chi connectivity index (χ3v) is 7.27. The summed E-state index contributed by atoms with van der Waals surface area (Å²) in [4.78, 5) is 30.2. The molecule has 1 aromatic carbocycles. The van der Waals surface area contributed by atoms with Crippen molar-refractivity contribution in [2.24, 2.45) is 5.41 Å². The fraction of sp³-hybridized carbons (Fsp3) is 0.636. The largest absolute Gasteiger partial charge is 0.418 e. The maximum atomic E-state index is 13.3. The minimum atomic E-state index is -4.75. The summed E-state index contributed by atoms with van der Waals surface area (Å²) < 4.78 is 38.1.